The second-order valence-electron chi connectivity index (χ2n) is 15.2. The van der Waals surface area contributed by atoms with Crippen molar-refractivity contribution in [3.8, 4) is 23.0 Å². The standard InChI is InChI=1S/C49H34N6O.Pt/c1-49(2,3)32-24-25-50-46(28-32)55-43-20-9-7-17-39(43)40-23-22-35(30-45(40)55)56-34-13-10-12-33(29-34)53-31-54-47-41(18-11-21-44(47)53)37-15-5-4-14-36(37)38-16-6-8-19-42(38)52-27-26-51-48(52)54;/h4-28H,1-3H3;/q-2;. The summed E-state index contributed by atoms with van der Waals surface area (Å²) in [6.45, 7) is 6.66. The average molecular weight is 918 g/mol. The zero-order valence-electron chi connectivity index (χ0n) is 31.3. The van der Waals surface area contributed by atoms with Gasteiger partial charge in [0.2, 0.25) is 0 Å². The Hall–Kier alpha value is -6.56. The molecule has 0 atom stereocenters. The fourth-order valence-electron chi connectivity index (χ4n) is 8.13. The molecule has 0 aliphatic carbocycles. The minimum absolute atomic E-state index is 0. The number of benzene rings is 6. The summed E-state index contributed by atoms with van der Waals surface area (Å²) in [5, 5.41) is 6.74. The fraction of sp³-hybridized carbons (Fsp3) is 0.0816. The van der Waals surface area contributed by atoms with Crippen molar-refractivity contribution in [3.05, 3.63) is 176 Å². The number of rotatable bonds is 4. The second kappa shape index (κ2) is 13.3. The maximum absolute atomic E-state index is 6.59. The van der Waals surface area contributed by atoms with Crippen molar-refractivity contribution in [1.29, 1.82) is 0 Å². The van der Waals surface area contributed by atoms with Crippen molar-refractivity contribution in [2.75, 3.05) is 0 Å². The second-order valence-corrected chi connectivity index (χ2v) is 15.2. The van der Waals surface area contributed by atoms with Crippen LogP contribution in [-0.2, 0) is 26.5 Å². The van der Waals surface area contributed by atoms with E-state index in [1.54, 1.807) is 0 Å². The molecule has 0 unspecified atom stereocenters. The first-order valence-corrected chi connectivity index (χ1v) is 18.8. The Kier molecular flexibility index (Phi) is 8.13. The Morgan fingerprint density at radius 2 is 1.26 bits per heavy atom. The molecule has 11 aromatic rings. The van der Waals surface area contributed by atoms with Crippen molar-refractivity contribution in [2.24, 2.45) is 0 Å². The number of hydrogen-bond acceptors (Lipinski definition) is 3. The Labute approximate surface area is 343 Å². The van der Waals surface area contributed by atoms with Crippen molar-refractivity contribution in [2.45, 2.75) is 26.2 Å². The molecule has 11 rings (SSSR count). The SMILES string of the molecule is CC(C)(C)c1ccnc(-n2c3[c-]c(Oc4[c-]c(-n5[c-][n+]6c7c(cccc75)c5ccccc5c5ccccc5n5ccnc56)ccc4)ccc3c3ccccc32)c1.[Pt]. The Balaban J connectivity index is 0.00000396. The molecule has 8 heteroatoms. The molecule has 278 valence electrons. The van der Waals surface area contributed by atoms with E-state index in [1.165, 1.54) is 5.56 Å². The van der Waals surface area contributed by atoms with Crippen LogP contribution in [0, 0.1) is 18.5 Å². The normalized spacial score (nSPS) is 12.0. The molecule has 0 saturated heterocycles. The van der Waals surface area contributed by atoms with Crippen molar-refractivity contribution in [3.63, 3.8) is 0 Å². The van der Waals surface area contributed by atoms with Gasteiger partial charge in [-0.2, -0.15) is 23.2 Å². The van der Waals surface area contributed by atoms with Crippen LogP contribution in [0.4, 0.5) is 0 Å². The average Bonchev–Trinajstić information content (AvgIpc) is 3.95. The van der Waals surface area contributed by atoms with E-state index >= 15 is 0 Å². The molecular formula is C49H34N6OPt-2. The summed E-state index contributed by atoms with van der Waals surface area (Å²) < 4.78 is 15.0. The molecule has 0 radical (unpaired) electrons. The van der Waals surface area contributed by atoms with E-state index in [0.29, 0.717) is 11.5 Å². The third-order valence-electron chi connectivity index (χ3n) is 10.8. The van der Waals surface area contributed by atoms with E-state index in [0.717, 1.165) is 77.2 Å². The minimum atomic E-state index is -0.0230. The van der Waals surface area contributed by atoms with Gasteiger partial charge in [0.1, 0.15) is 12.0 Å². The van der Waals surface area contributed by atoms with Gasteiger partial charge in [0, 0.05) is 60.7 Å². The zero-order valence-corrected chi connectivity index (χ0v) is 33.6. The quantitative estimate of drug-likeness (QED) is 0.131. The van der Waals surface area contributed by atoms with Crippen LogP contribution in [0.5, 0.6) is 11.5 Å². The first-order valence-electron chi connectivity index (χ1n) is 18.8. The van der Waals surface area contributed by atoms with E-state index < -0.39 is 0 Å². The number of aromatic nitrogens is 6. The third-order valence-corrected chi connectivity index (χ3v) is 10.8. The molecule has 0 saturated carbocycles. The van der Waals surface area contributed by atoms with Gasteiger partial charge in [-0.05, 0) is 56.8 Å². The van der Waals surface area contributed by atoms with Crippen LogP contribution in [0.25, 0.3) is 77.2 Å². The number of nitrogens with zero attached hydrogens (tertiary/aromatic N) is 6. The van der Waals surface area contributed by atoms with Gasteiger partial charge in [-0.15, -0.1) is 29.7 Å². The van der Waals surface area contributed by atoms with Crippen LogP contribution in [0.1, 0.15) is 26.3 Å². The summed E-state index contributed by atoms with van der Waals surface area (Å²) >= 11 is 0. The first kappa shape index (κ1) is 34.9. The van der Waals surface area contributed by atoms with E-state index in [2.05, 4.69) is 162 Å². The number of hydrogen-bond donors (Lipinski definition) is 0. The van der Waals surface area contributed by atoms with E-state index in [-0.39, 0.29) is 26.5 Å². The summed E-state index contributed by atoms with van der Waals surface area (Å²) in [6.07, 6.45) is 9.41. The summed E-state index contributed by atoms with van der Waals surface area (Å²) in [4.78, 5) is 9.72. The molecule has 5 aromatic heterocycles. The Morgan fingerprint density at radius 1 is 0.596 bits per heavy atom. The molecule has 0 aliphatic rings. The third kappa shape index (κ3) is 5.56. The molecule has 5 heterocycles. The minimum Gasteiger partial charge on any atom is -0.510 e. The molecule has 0 fully saturated rings. The molecule has 7 nitrogen and oxygen atoms in total. The van der Waals surface area contributed by atoms with Gasteiger partial charge < -0.3 is 13.9 Å². The van der Waals surface area contributed by atoms with Gasteiger partial charge in [0.05, 0.1) is 11.7 Å². The smallest absolute Gasteiger partial charge is 0.297 e. The van der Waals surface area contributed by atoms with Crippen molar-refractivity contribution >= 4 is 65.7 Å². The van der Waals surface area contributed by atoms with Crippen LogP contribution in [0.3, 0.4) is 0 Å². The fourth-order valence-corrected chi connectivity index (χ4v) is 8.13. The van der Waals surface area contributed by atoms with E-state index in [4.69, 9.17) is 14.7 Å². The number of imidazole rings is 2. The van der Waals surface area contributed by atoms with Crippen molar-refractivity contribution in [1.82, 2.24) is 23.5 Å². The van der Waals surface area contributed by atoms with Gasteiger partial charge in [-0.3, -0.25) is 8.80 Å². The topological polar surface area (TPSA) is 53.4 Å². The van der Waals surface area contributed by atoms with Gasteiger partial charge in [-0.25, -0.2) is 4.98 Å². The number of pyridine rings is 1. The van der Waals surface area contributed by atoms with Gasteiger partial charge in [0.15, 0.2) is 6.33 Å². The van der Waals surface area contributed by atoms with Crippen LogP contribution in [0.15, 0.2) is 152 Å². The summed E-state index contributed by atoms with van der Waals surface area (Å²) in [6, 6.07) is 53.4. The molecule has 0 aliphatic heterocycles. The van der Waals surface area contributed by atoms with Crippen LogP contribution >= 0.6 is 0 Å². The molecule has 0 bridgehead atoms. The van der Waals surface area contributed by atoms with E-state index in [1.807, 2.05) is 47.4 Å². The Bertz CT molecular complexity index is 3410. The van der Waals surface area contributed by atoms with Crippen LogP contribution in [-0.4, -0.2) is 23.5 Å². The largest absolute Gasteiger partial charge is 0.510 e. The Morgan fingerprint density at radius 3 is 2.07 bits per heavy atom. The van der Waals surface area contributed by atoms with Gasteiger partial charge in [-0.1, -0.05) is 111 Å². The van der Waals surface area contributed by atoms with Gasteiger partial charge in [0.25, 0.3) is 5.78 Å². The van der Waals surface area contributed by atoms with Crippen LogP contribution < -0.4 is 9.14 Å². The predicted molar refractivity (Wildman–Crippen MR) is 223 cm³/mol. The number of ether oxygens (including phenoxy) is 1. The monoisotopic (exact) mass is 917 g/mol. The van der Waals surface area contributed by atoms with E-state index in [9.17, 15) is 0 Å². The molecule has 0 amide bonds. The number of para-hydroxylation sites is 3. The molecular weight excluding hydrogens is 884 g/mol. The molecule has 57 heavy (non-hydrogen) atoms. The van der Waals surface area contributed by atoms with Crippen molar-refractivity contribution < 1.29 is 30.2 Å². The van der Waals surface area contributed by atoms with Gasteiger partial charge >= 0.3 is 0 Å². The molecule has 0 spiro atoms. The zero-order chi connectivity index (χ0) is 37.5. The maximum atomic E-state index is 6.59. The maximum Gasteiger partial charge on any atom is 0.297 e. The van der Waals surface area contributed by atoms with Crippen LogP contribution in [0.2, 0.25) is 0 Å². The summed E-state index contributed by atoms with van der Waals surface area (Å²) in [5.41, 5.74) is 6.95. The summed E-state index contributed by atoms with van der Waals surface area (Å²) in [5.74, 6) is 2.74. The predicted octanol–water partition coefficient (Wildman–Crippen LogP) is 10.9. The first-order chi connectivity index (χ1) is 27.4. The molecule has 0 N–H and O–H groups in total. The number of fused-ring (bicyclic) bond motifs is 10. The summed E-state index contributed by atoms with van der Waals surface area (Å²) in [7, 11) is 0. The molecule has 6 aromatic carbocycles.